The summed E-state index contributed by atoms with van der Waals surface area (Å²) in [6.45, 7) is 0. The number of halogens is 2. The molecule has 0 saturated carbocycles. The molecule has 8 heteroatoms. The van der Waals surface area contributed by atoms with Crippen LogP contribution in [0.5, 0.6) is 5.75 Å². The van der Waals surface area contributed by atoms with Crippen LogP contribution in [0.1, 0.15) is 11.7 Å². The van der Waals surface area contributed by atoms with Crippen LogP contribution in [0.15, 0.2) is 24.3 Å². The molecule has 2 unspecified atom stereocenters. The molecule has 1 amide bonds. The lowest BCUT2D eigenvalue weighted by molar-refractivity contribution is -0.145. The van der Waals surface area contributed by atoms with Crippen molar-refractivity contribution in [3.63, 3.8) is 0 Å². The molecule has 0 bridgehead atoms. The molecule has 0 aliphatic rings. The molecule has 20 heavy (non-hydrogen) atoms. The lowest BCUT2D eigenvalue weighted by Crippen LogP contribution is -2.46. The van der Waals surface area contributed by atoms with Gasteiger partial charge in [-0.15, -0.1) is 0 Å². The van der Waals surface area contributed by atoms with Gasteiger partial charge in [0.1, 0.15) is 11.9 Å². The molecule has 0 radical (unpaired) electrons. The number of alkyl halides is 2. The van der Waals surface area contributed by atoms with Gasteiger partial charge in [-0.2, -0.15) is 0 Å². The van der Waals surface area contributed by atoms with Gasteiger partial charge in [-0.25, -0.2) is 4.79 Å². The molecule has 1 aromatic rings. The maximum Gasteiger partial charge on any atom is 0.329 e. The van der Waals surface area contributed by atoms with Crippen LogP contribution in [0.2, 0.25) is 0 Å². The molecule has 3 N–H and O–H groups in total. The van der Waals surface area contributed by atoms with E-state index >= 15 is 0 Å². The maximum atomic E-state index is 11.3. The van der Waals surface area contributed by atoms with Gasteiger partial charge in [0.05, 0.1) is 7.11 Å². The van der Waals surface area contributed by atoms with Gasteiger partial charge >= 0.3 is 5.97 Å². The lowest BCUT2D eigenvalue weighted by Gasteiger charge is -2.21. The fourth-order valence-electron chi connectivity index (χ4n) is 1.49. The van der Waals surface area contributed by atoms with Crippen molar-refractivity contribution in [2.75, 3.05) is 7.11 Å². The first-order valence-electron chi connectivity index (χ1n) is 5.50. The number of aliphatic carboxylic acids is 1. The van der Waals surface area contributed by atoms with Crippen molar-refractivity contribution >= 4 is 35.1 Å². The summed E-state index contributed by atoms with van der Waals surface area (Å²) < 4.78 is 4.95. The molecule has 0 saturated heterocycles. The number of carbonyl (C=O) groups excluding carboxylic acids is 1. The molecule has 0 heterocycles. The van der Waals surface area contributed by atoms with Crippen molar-refractivity contribution in [3.8, 4) is 5.75 Å². The molecule has 0 aliphatic heterocycles. The number of carbonyl (C=O) groups is 2. The van der Waals surface area contributed by atoms with Gasteiger partial charge in [0, 0.05) is 0 Å². The zero-order valence-electron chi connectivity index (χ0n) is 10.4. The smallest absolute Gasteiger partial charge is 0.329 e. The number of aliphatic hydroxyl groups excluding tert-OH is 1. The fraction of sp³-hybridized carbons (Fsp3) is 0.333. The predicted molar refractivity (Wildman–Crippen MR) is 73.0 cm³/mol. The number of rotatable bonds is 6. The molecule has 0 aromatic heterocycles. The second-order valence-electron chi connectivity index (χ2n) is 3.84. The van der Waals surface area contributed by atoms with Gasteiger partial charge < -0.3 is 20.3 Å². The first-order valence-corrected chi connectivity index (χ1v) is 6.37. The van der Waals surface area contributed by atoms with E-state index in [-0.39, 0.29) is 0 Å². The number of methoxy groups -OCH3 is 1. The highest BCUT2D eigenvalue weighted by Gasteiger charge is 2.30. The molecule has 0 fully saturated rings. The van der Waals surface area contributed by atoms with Crippen molar-refractivity contribution < 1.29 is 24.5 Å². The molecule has 1 aromatic carbocycles. The average molecular weight is 322 g/mol. The van der Waals surface area contributed by atoms with E-state index in [2.05, 4.69) is 5.32 Å². The van der Waals surface area contributed by atoms with Crippen molar-refractivity contribution in [1.29, 1.82) is 0 Å². The first kappa shape index (κ1) is 16.6. The minimum absolute atomic E-state index is 0.305. The SMILES string of the molecule is COc1ccc(C(O)C(NC(=O)C(Cl)Cl)C(=O)O)cc1. The van der Waals surface area contributed by atoms with Crippen LogP contribution in [0.3, 0.4) is 0 Å². The number of nitrogens with one attached hydrogen (secondary N) is 1. The number of ether oxygens (including phenoxy) is 1. The third kappa shape index (κ3) is 4.26. The van der Waals surface area contributed by atoms with E-state index < -0.39 is 28.9 Å². The Morgan fingerprint density at radius 2 is 1.80 bits per heavy atom. The summed E-state index contributed by atoms with van der Waals surface area (Å²) in [7, 11) is 1.48. The van der Waals surface area contributed by atoms with E-state index in [9.17, 15) is 14.7 Å². The van der Waals surface area contributed by atoms with Crippen molar-refractivity contribution in [2.45, 2.75) is 17.0 Å². The van der Waals surface area contributed by atoms with Crippen LogP contribution in [-0.4, -0.2) is 40.1 Å². The van der Waals surface area contributed by atoms with E-state index in [4.69, 9.17) is 33.0 Å². The third-order valence-corrected chi connectivity index (χ3v) is 2.93. The zero-order valence-corrected chi connectivity index (χ0v) is 11.9. The highest BCUT2D eigenvalue weighted by atomic mass is 35.5. The zero-order chi connectivity index (χ0) is 15.3. The molecule has 110 valence electrons. The summed E-state index contributed by atoms with van der Waals surface area (Å²) in [4.78, 5) is 21.0. The highest BCUT2D eigenvalue weighted by molar-refractivity contribution is 6.53. The number of hydrogen-bond donors (Lipinski definition) is 3. The van der Waals surface area contributed by atoms with Crippen molar-refractivity contribution in [1.82, 2.24) is 5.32 Å². The number of aliphatic hydroxyl groups is 1. The number of benzene rings is 1. The Morgan fingerprint density at radius 1 is 1.25 bits per heavy atom. The Bertz CT molecular complexity index is 477. The van der Waals surface area contributed by atoms with Crippen molar-refractivity contribution in [2.24, 2.45) is 0 Å². The lowest BCUT2D eigenvalue weighted by atomic mass is 10.0. The van der Waals surface area contributed by atoms with Crippen LogP contribution in [0.25, 0.3) is 0 Å². The second-order valence-corrected chi connectivity index (χ2v) is 4.94. The summed E-state index contributed by atoms with van der Waals surface area (Å²) in [5, 5.41) is 21.1. The van der Waals surface area contributed by atoms with Gasteiger partial charge in [0.25, 0.3) is 5.91 Å². The molecule has 0 aliphatic carbocycles. The van der Waals surface area contributed by atoms with Crippen LogP contribution >= 0.6 is 23.2 Å². The van der Waals surface area contributed by atoms with Crippen LogP contribution in [0, 0.1) is 0 Å². The fourth-order valence-corrected chi connectivity index (χ4v) is 1.61. The van der Waals surface area contributed by atoms with Crippen LogP contribution < -0.4 is 10.1 Å². The molecule has 2 atom stereocenters. The summed E-state index contributed by atoms with van der Waals surface area (Å²) in [5.74, 6) is -1.75. The first-order chi connectivity index (χ1) is 9.36. The van der Waals surface area contributed by atoms with Crippen LogP contribution in [-0.2, 0) is 9.59 Å². The summed E-state index contributed by atoms with van der Waals surface area (Å²) >= 11 is 10.7. The highest BCUT2D eigenvalue weighted by Crippen LogP contribution is 2.21. The summed E-state index contributed by atoms with van der Waals surface area (Å²) in [5.41, 5.74) is 0.305. The van der Waals surface area contributed by atoms with E-state index in [0.29, 0.717) is 11.3 Å². The van der Waals surface area contributed by atoms with Crippen molar-refractivity contribution in [3.05, 3.63) is 29.8 Å². The van der Waals surface area contributed by atoms with E-state index in [1.54, 1.807) is 12.1 Å². The Labute approximate surface area is 125 Å². The van der Waals surface area contributed by atoms with Gasteiger partial charge in [-0.1, -0.05) is 35.3 Å². The molecule has 6 nitrogen and oxygen atoms in total. The Morgan fingerprint density at radius 3 is 2.20 bits per heavy atom. The quantitative estimate of drug-likeness (QED) is 0.682. The number of carboxylic acid groups (broad SMARTS) is 1. The Kier molecular flexibility index (Phi) is 6.06. The van der Waals surface area contributed by atoms with Gasteiger partial charge in [0.2, 0.25) is 0 Å². The Balaban J connectivity index is 2.90. The van der Waals surface area contributed by atoms with Crippen LogP contribution in [0.4, 0.5) is 0 Å². The maximum absolute atomic E-state index is 11.3. The minimum Gasteiger partial charge on any atom is -0.497 e. The number of hydrogen-bond acceptors (Lipinski definition) is 4. The molecule has 0 spiro atoms. The van der Waals surface area contributed by atoms with Gasteiger partial charge in [-0.3, -0.25) is 4.79 Å². The third-order valence-electron chi connectivity index (χ3n) is 2.54. The molecular formula is C12H13Cl2NO5. The summed E-state index contributed by atoms with van der Waals surface area (Å²) in [6.07, 6.45) is -1.45. The summed E-state index contributed by atoms with van der Waals surface area (Å²) in [6, 6.07) is 4.54. The second kappa shape index (κ2) is 7.33. The standard InChI is InChI=1S/C12H13Cl2NO5/c1-20-7-4-2-6(3-5-7)9(16)8(12(18)19)15-11(17)10(13)14/h2-5,8-10,16H,1H3,(H,15,17)(H,18,19). The van der Waals surface area contributed by atoms with E-state index in [1.165, 1.54) is 19.2 Å². The molecule has 1 rings (SSSR count). The van der Waals surface area contributed by atoms with E-state index in [0.717, 1.165) is 0 Å². The largest absolute Gasteiger partial charge is 0.497 e. The van der Waals surface area contributed by atoms with Gasteiger partial charge in [0.15, 0.2) is 10.9 Å². The predicted octanol–water partition coefficient (Wildman–Crippen LogP) is 1.10. The monoisotopic (exact) mass is 321 g/mol. The normalized spacial score (nSPS) is 13.7. The molecular weight excluding hydrogens is 309 g/mol. The van der Waals surface area contributed by atoms with Gasteiger partial charge in [-0.05, 0) is 17.7 Å². The topological polar surface area (TPSA) is 95.9 Å². The average Bonchev–Trinajstić information content (AvgIpc) is 2.43. The number of amides is 1. The van der Waals surface area contributed by atoms with E-state index in [1.807, 2.05) is 0 Å². The number of carboxylic acids is 1. The minimum atomic E-state index is -1.56. The Hall–Kier alpha value is -1.50.